The van der Waals surface area contributed by atoms with Gasteiger partial charge in [-0.3, -0.25) is 0 Å². The Kier molecular flexibility index (Phi) is 5.90. The molecule has 0 aliphatic carbocycles. The first-order valence-corrected chi connectivity index (χ1v) is 5.71. The van der Waals surface area contributed by atoms with Gasteiger partial charge in [0.1, 0.15) is 5.82 Å². The van der Waals surface area contributed by atoms with E-state index in [0.717, 1.165) is 0 Å². The van der Waals surface area contributed by atoms with Gasteiger partial charge in [-0.15, -0.1) is 0 Å². The molecule has 0 atom stereocenters. The first kappa shape index (κ1) is 14.5. The van der Waals surface area contributed by atoms with Crippen LogP contribution < -0.4 is 14.4 Å². The fraction of sp³-hybridized carbons (Fsp3) is 0.500. The predicted molar refractivity (Wildman–Crippen MR) is 67.8 cm³/mol. The SMILES string of the molecule is COc1cc(N(CCC#N)CCC#N)nc(OC)n1. The third-order valence-electron chi connectivity index (χ3n) is 2.37. The second-order valence-corrected chi connectivity index (χ2v) is 3.56. The maximum atomic E-state index is 8.67. The van der Waals surface area contributed by atoms with Crippen LogP contribution in [0, 0.1) is 22.7 Å². The lowest BCUT2D eigenvalue weighted by atomic mass is 10.3. The summed E-state index contributed by atoms with van der Waals surface area (Å²) in [6.45, 7) is 0.975. The van der Waals surface area contributed by atoms with Crippen molar-refractivity contribution < 1.29 is 9.47 Å². The molecule has 7 heteroatoms. The molecule has 1 aromatic heterocycles. The lowest BCUT2D eigenvalue weighted by Gasteiger charge is -2.21. The van der Waals surface area contributed by atoms with Crippen molar-refractivity contribution in [2.45, 2.75) is 12.8 Å². The number of aromatic nitrogens is 2. The van der Waals surface area contributed by atoms with Gasteiger partial charge >= 0.3 is 6.01 Å². The van der Waals surface area contributed by atoms with Crippen LogP contribution >= 0.6 is 0 Å². The van der Waals surface area contributed by atoms with Gasteiger partial charge in [-0.05, 0) is 0 Å². The Bertz CT molecular complexity index is 452. The van der Waals surface area contributed by atoms with Crippen molar-refractivity contribution in [3.05, 3.63) is 6.07 Å². The summed E-state index contributed by atoms with van der Waals surface area (Å²) >= 11 is 0. The van der Waals surface area contributed by atoms with E-state index in [2.05, 4.69) is 22.1 Å². The Balaban J connectivity index is 2.99. The molecule has 0 aliphatic rings. The standard InChI is InChI=1S/C12H15N5O2/c1-18-11-9-10(15-12(16-11)19-2)17(7-3-5-13)8-4-6-14/h9H,3-4,7-8H2,1-2H3. The first-order valence-electron chi connectivity index (χ1n) is 5.71. The van der Waals surface area contributed by atoms with Crippen molar-refractivity contribution in [1.82, 2.24) is 9.97 Å². The molecule has 100 valence electrons. The number of rotatable bonds is 7. The quantitative estimate of drug-likeness (QED) is 0.725. The summed E-state index contributed by atoms with van der Waals surface area (Å²) in [6, 6.07) is 5.98. The second-order valence-electron chi connectivity index (χ2n) is 3.56. The molecule has 0 unspecified atom stereocenters. The van der Waals surface area contributed by atoms with E-state index in [-0.39, 0.29) is 6.01 Å². The van der Waals surface area contributed by atoms with Gasteiger partial charge in [-0.2, -0.15) is 20.5 Å². The number of hydrogen-bond donors (Lipinski definition) is 0. The van der Waals surface area contributed by atoms with Crippen molar-refractivity contribution >= 4 is 5.82 Å². The topological polar surface area (TPSA) is 95.1 Å². The summed E-state index contributed by atoms with van der Waals surface area (Å²) in [5.74, 6) is 0.954. The van der Waals surface area contributed by atoms with Gasteiger partial charge in [-0.25, -0.2) is 0 Å². The molecule has 1 aromatic rings. The maximum absolute atomic E-state index is 8.67. The minimum absolute atomic E-state index is 0.188. The average Bonchev–Trinajstić information content (AvgIpc) is 2.46. The number of nitrogens with zero attached hydrogens (tertiary/aromatic N) is 5. The van der Waals surface area contributed by atoms with Crippen molar-refractivity contribution in [3.8, 4) is 24.0 Å². The van der Waals surface area contributed by atoms with Gasteiger partial charge in [0.15, 0.2) is 0 Å². The van der Waals surface area contributed by atoms with E-state index in [9.17, 15) is 0 Å². The molecule has 1 rings (SSSR count). The molecule has 0 bridgehead atoms. The second kappa shape index (κ2) is 7.72. The first-order chi connectivity index (χ1) is 9.24. The van der Waals surface area contributed by atoms with E-state index in [1.54, 1.807) is 6.07 Å². The smallest absolute Gasteiger partial charge is 0.321 e. The highest BCUT2D eigenvalue weighted by molar-refractivity contribution is 5.43. The van der Waals surface area contributed by atoms with Gasteiger partial charge in [0.25, 0.3) is 0 Å². The normalized spacial score (nSPS) is 9.26. The zero-order chi connectivity index (χ0) is 14.1. The monoisotopic (exact) mass is 261 g/mol. The molecule has 0 saturated carbocycles. The molecule has 7 nitrogen and oxygen atoms in total. The third-order valence-corrected chi connectivity index (χ3v) is 2.37. The Morgan fingerprint density at radius 2 is 1.74 bits per heavy atom. The Morgan fingerprint density at radius 3 is 2.21 bits per heavy atom. The van der Waals surface area contributed by atoms with Crippen LogP contribution in [0.5, 0.6) is 11.9 Å². The Labute approximate surface area is 112 Å². The summed E-state index contributed by atoms with van der Waals surface area (Å²) in [7, 11) is 2.97. The van der Waals surface area contributed by atoms with E-state index >= 15 is 0 Å². The van der Waals surface area contributed by atoms with Crippen LogP contribution in [0.25, 0.3) is 0 Å². The Morgan fingerprint density at radius 1 is 1.11 bits per heavy atom. The molecule has 0 saturated heterocycles. The highest BCUT2D eigenvalue weighted by Crippen LogP contribution is 2.21. The molecule has 0 fully saturated rings. The molecule has 0 aromatic carbocycles. The highest BCUT2D eigenvalue weighted by atomic mass is 16.5. The van der Waals surface area contributed by atoms with Crippen LogP contribution in [0.2, 0.25) is 0 Å². The van der Waals surface area contributed by atoms with Crippen molar-refractivity contribution in [1.29, 1.82) is 10.5 Å². The molecule has 0 N–H and O–H groups in total. The van der Waals surface area contributed by atoms with Gasteiger partial charge in [0.05, 0.1) is 39.2 Å². The zero-order valence-corrected chi connectivity index (χ0v) is 11.0. The van der Waals surface area contributed by atoms with Crippen molar-refractivity contribution in [2.75, 3.05) is 32.2 Å². The molecular weight excluding hydrogens is 246 g/mol. The molecule has 0 aliphatic heterocycles. The number of anilines is 1. The van der Waals surface area contributed by atoms with Crippen molar-refractivity contribution in [3.63, 3.8) is 0 Å². The average molecular weight is 261 g/mol. The van der Waals surface area contributed by atoms with Crippen LogP contribution in [0.15, 0.2) is 6.07 Å². The largest absolute Gasteiger partial charge is 0.481 e. The summed E-state index contributed by atoms with van der Waals surface area (Å²) < 4.78 is 10.1. The summed E-state index contributed by atoms with van der Waals surface area (Å²) in [6.07, 6.45) is 0.695. The predicted octanol–water partition coefficient (Wildman–Crippen LogP) is 1.13. The van der Waals surface area contributed by atoms with Gasteiger partial charge in [0, 0.05) is 19.2 Å². The van der Waals surface area contributed by atoms with E-state index < -0.39 is 0 Å². The zero-order valence-electron chi connectivity index (χ0n) is 11.0. The van der Waals surface area contributed by atoms with E-state index in [0.29, 0.717) is 37.6 Å². The summed E-state index contributed by atoms with van der Waals surface area (Å²) in [5.41, 5.74) is 0. The van der Waals surface area contributed by atoms with E-state index in [1.165, 1.54) is 14.2 Å². The van der Waals surface area contributed by atoms with E-state index in [4.69, 9.17) is 20.0 Å². The molecular formula is C12H15N5O2. The minimum Gasteiger partial charge on any atom is -0.481 e. The summed E-state index contributed by atoms with van der Waals surface area (Å²) in [4.78, 5) is 10.0. The molecule has 1 heterocycles. The Hall–Kier alpha value is -2.54. The molecule has 0 spiro atoms. The van der Waals surface area contributed by atoms with Crippen LogP contribution in [0.1, 0.15) is 12.8 Å². The van der Waals surface area contributed by atoms with E-state index in [1.807, 2.05) is 4.90 Å². The third kappa shape index (κ3) is 4.32. The number of nitriles is 2. The van der Waals surface area contributed by atoms with Crippen molar-refractivity contribution in [2.24, 2.45) is 0 Å². The lowest BCUT2D eigenvalue weighted by molar-refractivity contribution is 0.352. The van der Waals surface area contributed by atoms with Crippen LogP contribution in [-0.2, 0) is 0 Å². The molecule has 0 radical (unpaired) electrons. The highest BCUT2D eigenvalue weighted by Gasteiger charge is 2.12. The minimum atomic E-state index is 0.188. The number of methoxy groups -OCH3 is 2. The number of hydrogen-bond acceptors (Lipinski definition) is 7. The van der Waals surface area contributed by atoms with Crippen LogP contribution in [0.3, 0.4) is 0 Å². The molecule has 19 heavy (non-hydrogen) atoms. The number of ether oxygens (including phenoxy) is 2. The fourth-order valence-electron chi connectivity index (χ4n) is 1.46. The maximum Gasteiger partial charge on any atom is 0.321 e. The van der Waals surface area contributed by atoms with Gasteiger partial charge in [0.2, 0.25) is 5.88 Å². The van der Waals surface area contributed by atoms with Crippen LogP contribution in [-0.4, -0.2) is 37.3 Å². The van der Waals surface area contributed by atoms with Gasteiger partial charge < -0.3 is 14.4 Å². The van der Waals surface area contributed by atoms with Gasteiger partial charge in [-0.1, -0.05) is 0 Å². The lowest BCUT2D eigenvalue weighted by Crippen LogP contribution is -2.26. The van der Waals surface area contributed by atoms with Crippen LogP contribution in [0.4, 0.5) is 5.82 Å². The summed E-state index contributed by atoms with van der Waals surface area (Å²) in [5, 5.41) is 17.3. The molecule has 0 amide bonds. The fourth-order valence-corrected chi connectivity index (χ4v) is 1.46.